The fourth-order valence-corrected chi connectivity index (χ4v) is 2.11. The Balaban J connectivity index is 3.02. The summed E-state index contributed by atoms with van der Waals surface area (Å²) in [7, 11) is -4.32. The van der Waals surface area contributed by atoms with Gasteiger partial charge in [0.15, 0.2) is 0 Å². The third-order valence-electron chi connectivity index (χ3n) is 1.97. The van der Waals surface area contributed by atoms with Crippen molar-refractivity contribution in [2.75, 3.05) is 6.61 Å². The van der Waals surface area contributed by atoms with Gasteiger partial charge < -0.3 is 20.0 Å². The number of aliphatic hydroxyl groups excluding tert-OH is 2. The maximum absolute atomic E-state index is 11.1. The monoisotopic (exact) mass is 232 g/mol. The summed E-state index contributed by atoms with van der Waals surface area (Å²) in [5.41, 5.74) is 0.354. The Labute approximate surface area is 87.2 Å². The molecule has 5 nitrogen and oxygen atoms in total. The zero-order chi connectivity index (χ0) is 11.5. The van der Waals surface area contributed by atoms with E-state index in [1.165, 1.54) is 18.2 Å². The lowest BCUT2D eigenvalue weighted by atomic mass is 10.1. The van der Waals surface area contributed by atoms with Gasteiger partial charge in [0.2, 0.25) is 0 Å². The number of aliphatic hydroxyl groups is 2. The van der Waals surface area contributed by atoms with E-state index in [1.54, 1.807) is 6.07 Å². The molecule has 0 saturated carbocycles. The van der Waals surface area contributed by atoms with E-state index in [4.69, 9.17) is 14.9 Å². The molecule has 6 heteroatoms. The number of hydrogen-bond donors (Lipinski definition) is 4. The van der Waals surface area contributed by atoms with Gasteiger partial charge >= 0.3 is 7.60 Å². The smallest absolute Gasteiger partial charge is 0.356 e. The Morgan fingerprint density at radius 2 is 1.87 bits per heavy atom. The van der Waals surface area contributed by atoms with Crippen LogP contribution >= 0.6 is 7.60 Å². The lowest BCUT2D eigenvalue weighted by molar-refractivity contribution is 0.0956. The number of rotatable bonds is 4. The second kappa shape index (κ2) is 4.88. The molecule has 1 aromatic carbocycles. The van der Waals surface area contributed by atoms with Crippen LogP contribution in [0.15, 0.2) is 24.3 Å². The van der Waals surface area contributed by atoms with Crippen LogP contribution in [0.4, 0.5) is 0 Å². The fraction of sp³-hybridized carbons (Fsp3) is 0.333. The molecule has 0 heterocycles. The normalized spacial score (nSPS) is 13.9. The van der Waals surface area contributed by atoms with Crippen LogP contribution in [0.5, 0.6) is 0 Å². The Bertz CT molecular complexity index is 373. The predicted octanol–water partition coefficient (Wildman–Crippen LogP) is -0.615. The number of benzene rings is 1. The van der Waals surface area contributed by atoms with E-state index in [1.807, 2.05) is 0 Å². The van der Waals surface area contributed by atoms with Gasteiger partial charge in [-0.3, -0.25) is 4.57 Å². The predicted molar refractivity (Wildman–Crippen MR) is 54.9 cm³/mol. The fourth-order valence-electron chi connectivity index (χ4n) is 1.29. The summed E-state index contributed by atoms with van der Waals surface area (Å²) in [5, 5.41) is 17.7. The van der Waals surface area contributed by atoms with Gasteiger partial charge in [0.1, 0.15) is 0 Å². The molecule has 4 N–H and O–H groups in total. The van der Waals surface area contributed by atoms with E-state index < -0.39 is 20.3 Å². The van der Waals surface area contributed by atoms with Gasteiger partial charge in [-0.2, -0.15) is 0 Å². The van der Waals surface area contributed by atoms with Crippen LogP contribution in [0.1, 0.15) is 5.56 Å². The van der Waals surface area contributed by atoms with Crippen LogP contribution in [-0.4, -0.2) is 32.7 Å². The molecule has 1 atom stereocenters. The molecule has 0 bridgehead atoms. The molecule has 1 rings (SSSR count). The van der Waals surface area contributed by atoms with Crippen molar-refractivity contribution in [1.29, 1.82) is 0 Å². The highest BCUT2D eigenvalue weighted by molar-refractivity contribution is 7.60. The molecule has 1 unspecified atom stereocenters. The first-order valence-corrected chi connectivity index (χ1v) is 5.99. The van der Waals surface area contributed by atoms with Gasteiger partial charge in [0, 0.05) is 6.42 Å². The van der Waals surface area contributed by atoms with E-state index in [0.717, 1.165) is 0 Å². The molecule has 15 heavy (non-hydrogen) atoms. The summed E-state index contributed by atoms with van der Waals surface area (Å²) >= 11 is 0. The molecule has 0 saturated heterocycles. The lowest BCUT2D eigenvalue weighted by Crippen LogP contribution is -2.20. The van der Waals surface area contributed by atoms with E-state index in [0.29, 0.717) is 5.56 Å². The van der Waals surface area contributed by atoms with Crippen LogP contribution in [0.3, 0.4) is 0 Å². The zero-order valence-electron chi connectivity index (χ0n) is 7.95. The summed E-state index contributed by atoms with van der Waals surface area (Å²) in [6.07, 6.45) is -0.977. The highest BCUT2D eigenvalue weighted by atomic mass is 31.2. The maximum atomic E-state index is 11.1. The Morgan fingerprint density at radius 3 is 2.40 bits per heavy atom. The third kappa shape index (κ3) is 3.41. The lowest BCUT2D eigenvalue weighted by Gasteiger charge is -2.12. The van der Waals surface area contributed by atoms with Crippen LogP contribution in [0, 0.1) is 0 Å². The van der Waals surface area contributed by atoms with Crippen molar-refractivity contribution in [3.8, 4) is 0 Å². The second-order valence-electron chi connectivity index (χ2n) is 3.21. The van der Waals surface area contributed by atoms with Crippen molar-refractivity contribution in [1.82, 2.24) is 0 Å². The highest BCUT2D eigenvalue weighted by Gasteiger charge is 2.21. The van der Waals surface area contributed by atoms with Crippen molar-refractivity contribution in [2.24, 2.45) is 0 Å². The van der Waals surface area contributed by atoms with Crippen LogP contribution in [0.25, 0.3) is 0 Å². The molecule has 0 aromatic heterocycles. The van der Waals surface area contributed by atoms with Crippen molar-refractivity contribution in [3.05, 3.63) is 29.8 Å². The van der Waals surface area contributed by atoms with Crippen molar-refractivity contribution < 1.29 is 24.6 Å². The maximum Gasteiger partial charge on any atom is 0.356 e. The van der Waals surface area contributed by atoms with Gasteiger partial charge in [-0.15, -0.1) is 0 Å². The Hall–Kier alpha value is -0.710. The summed E-state index contributed by atoms with van der Waals surface area (Å²) in [6.45, 7) is -0.435. The minimum Gasteiger partial charge on any atom is -0.394 e. The first kappa shape index (κ1) is 12.4. The van der Waals surface area contributed by atoms with Crippen molar-refractivity contribution in [2.45, 2.75) is 12.5 Å². The summed E-state index contributed by atoms with van der Waals surface area (Å²) < 4.78 is 11.1. The molecule has 0 aliphatic rings. The molecule has 0 amide bonds. The third-order valence-corrected chi connectivity index (χ3v) is 3.04. The molecule has 84 valence electrons. The first-order valence-electron chi connectivity index (χ1n) is 4.38. The van der Waals surface area contributed by atoms with Crippen molar-refractivity contribution >= 4 is 12.9 Å². The second-order valence-corrected chi connectivity index (χ2v) is 4.78. The molecule has 1 aromatic rings. The minimum absolute atomic E-state index is 0.0256. The summed E-state index contributed by atoms with van der Waals surface area (Å²) in [4.78, 5) is 18.0. The topological polar surface area (TPSA) is 98.0 Å². The molecule has 0 spiro atoms. The Kier molecular flexibility index (Phi) is 4.02. The standard InChI is InChI=1S/C9H13O5P/c10-6-8(11)5-7-3-1-2-4-9(7)15(12,13)14/h1-4,8,10-11H,5-6H2,(H2,12,13,14). The van der Waals surface area contributed by atoms with Crippen LogP contribution in [0.2, 0.25) is 0 Å². The average molecular weight is 232 g/mol. The molecular weight excluding hydrogens is 219 g/mol. The summed E-state index contributed by atoms with van der Waals surface area (Å²) in [6, 6.07) is 5.98. The molecular formula is C9H13O5P. The highest BCUT2D eigenvalue weighted by Crippen LogP contribution is 2.34. The van der Waals surface area contributed by atoms with Gasteiger partial charge in [-0.1, -0.05) is 18.2 Å². The van der Waals surface area contributed by atoms with E-state index >= 15 is 0 Å². The van der Waals surface area contributed by atoms with Gasteiger partial charge in [-0.05, 0) is 11.6 Å². The number of hydrogen-bond acceptors (Lipinski definition) is 3. The average Bonchev–Trinajstić information content (AvgIpc) is 2.17. The van der Waals surface area contributed by atoms with Gasteiger partial charge in [0.05, 0.1) is 18.0 Å². The zero-order valence-corrected chi connectivity index (χ0v) is 8.84. The molecule has 0 aliphatic heterocycles. The van der Waals surface area contributed by atoms with E-state index in [-0.39, 0.29) is 11.7 Å². The van der Waals surface area contributed by atoms with Crippen molar-refractivity contribution in [3.63, 3.8) is 0 Å². The Morgan fingerprint density at radius 1 is 1.27 bits per heavy atom. The van der Waals surface area contributed by atoms with Crippen LogP contribution < -0.4 is 5.30 Å². The molecule has 0 aliphatic carbocycles. The quantitative estimate of drug-likeness (QED) is 0.519. The van der Waals surface area contributed by atoms with E-state index in [2.05, 4.69) is 0 Å². The first-order chi connectivity index (χ1) is 6.95. The molecule has 0 fully saturated rings. The van der Waals surface area contributed by atoms with Gasteiger partial charge in [-0.25, -0.2) is 0 Å². The SMILES string of the molecule is O=P(O)(O)c1ccccc1CC(O)CO. The van der Waals surface area contributed by atoms with E-state index in [9.17, 15) is 9.67 Å². The molecule has 0 radical (unpaired) electrons. The van der Waals surface area contributed by atoms with Gasteiger partial charge in [0.25, 0.3) is 0 Å². The minimum atomic E-state index is -4.32. The largest absolute Gasteiger partial charge is 0.394 e. The van der Waals surface area contributed by atoms with Crippen LogP contribution in [-0.2, 0) is 11.0 Å². The summed E-state index contributed by atoms with van der Waals surface area (Å²) in [5.74, 6) is 0.